The molecular formula is C18H26N2O5S. The SMILES string of the molecule is CCCS(=O)(=O)N1CCCCC1C(=O)NCCc1cccc(C(=O)O)c1. The Morgan fingerprint density at radius 2 is 2.08 bits per heavy atom. The molecule has 8 heteroatoms. The number of carboxylic acid groups (broad SMARTS) is 1. The Labute approximate surface area is 154 Å². The van der Waals surface area contributed by atoms with E-state index in [1.165, 1.54) is 10.4 Å². The number of nitrogens with one attached hydrogen (secondary N) is 1. The molecule has 1 fully saturated rings. The van der Waals surface area contributed by atoms with Gasteiger partial charge in [0.05, 0.1) is 11.3 Å². The van der Waals surface area contributed by atoms with Crippen molar-refractivity contribution in [3.63, 3.8) is 0 Å². The van der Waals surface area contributed by atoms with Crippen molar-refractivity contribution in [2.75, 3.05) is 18.8 Å². The maximum Gasteiger partial charge on any atom is 0.335 e. The van der Waals surface area contributed by atoms with Gasteiger partial charge < -0.3 is 10.4 Å². The van der Waals surface area contributed by atoms with Crippen LogP contribution < -0.4 is 5.32 Å². The fourth-order valence-electron chi connectivity index (χ4n) is 3.18. The van der Waals surface area contributed by atoms with Crippen molar-refractivity contribution in [1.29, 1.82) is 0 Å². The van der Waals surface area contributed by atoms with Crippen LogP contribution in [0.25, 0.3) is 0 Å². The molecule has 0 aromatic heterocycles. The first-order chi connectivity index (χ1) is 12.3. The van der Waals surface area contributed by atoms with E-state index in [1.54, 1.807) is 18.2 Å². The lowest BCUT2D eigenvalue weighted by atomic mass is 10.0. The van der Waals surface area contributed by atoms with Gasteiger partial charge in [-0.2, -0.15) is 4.31 Å². The van der Waals surface area contributed by atoms with E-state index in [2.05, 4.69) is 5.32 Å². The van der Waals surface area contributed by atoms with Crippen LogP contribution in [0.2, 0.25) is 0 Å². The first-order valence-corrected chi connectivity index (χ1v) is 10.6. The number of hydrogen-bond acceptors (Lipinski definition) is 4. The number of aromatic carboxylic acids is 1. The van der Waals surface area contributed by atoms with Gasteiger partial charge in [0.25, 0.3) is 0 Å². The molecule has 1 aliphatic rings. The number of nitrogens with zero attached hydrogens (tertiary/aromatic N) is 1. The summed E-state index contributed by atoms with van der Waals surface area (Å²) in [5.74, 6) is -1.22. The van der Waals surface area contributed by atoms with Crippen molar-refractivity contribution in [3.8, 4) is 0 Å². The van der Waals surface area contributed by atoms with Crippen LogP contribution in [0.15, 0.2) is 24.3 Å². The van der Waals surface area contributed by atoms with Crippen molar-refractivity contribution in [3.05, 3.63) is 35.4 Å². The summed E-state index contributed by atoms with van der Waals surface area (Å²) in [6.07, 6.45) is 3.14. The number of hydrogen-bond donors (Lipinski definition) is 2. The molecule has 1 heterocycles. The molecule has 0 spiro atoms. The third-order valence-electron chi connectivity index (χ3n) is 4.46. The summed E-state index contributed by atoms with van der Waals surface area (Å²) in [6, 6.07) is 5.92. The fourth-order valence-corrected chi connectivity index (χ4v) is 4.93. The summed E-state index contributed by atoms with van der Waals surface area (Å²) in [6.45, 7) is 2.53. The van der Waals surface area contributed by atoms with E-state index < -0.39 is 22.0 Å². The number of piperidine rings is 1. The standard InChI is InChI=1S/C18H26N2O5S/c1-2-12-26(24,25)20-11-4-3-8-16(20)17(21)19-10-9-14-6-5-7-15(13-14)18(22)23/h5-7,13,16H,2-4,8-12H2,1H3,(H,19,21)(H,22,23). The molecule has 0 radical (unpaired) electrons. The van der Waals surface area contributed by atoms with Crippen LogP contribution in [0.4, 0.5) is 0 Å². The first kappa shape index (κ1) is 20.4. The van der Waals surface area contributed by atoms with Crippen LogP contribution in [0.3, 0.4) is 0 Å². The van der Waals surface area contributed by atoms with Gasteiger partial charge in [-0.25, -0.2) is 13.2 Å². The van der Waals surface area contributed by atoms with Crippen molar-refractivity contribution >= 4 is 21.9 Å². The van der Waals surface area contributed by atoms with E-state index in [4.69, 9.17) is 5.11 Å². The van der Waals surface area contributed by atoms with Crippen LogP contribution in [0, 0.1) is 0 Å². The van der Waals surface area contributed by atoms with Gasteiger partial charge in [0.2, 0.25) is 15.9 Å². The minimum Gasteiger partial charge on any atom is -0.478 e. The predicted molar refractivity (Wildman–Crippen MR) is 98.5 cm³/mol. The molecule has 0 aliphatic carbocycles. The Morgan fingerprint density at radius 1 is 1.31 bits per heavy atom. The maximum atomic E-state index is 12.5. The van der Waals surface area contributed by atoms with Crippen molar-refractivity contribution < 1.29 is 23.1 Å². The summed E-state index contributed by atoms with van der Waals surface area (Å²) >= 11 is 0. The average molecular weight is 382 g/mol. The van der Waals surface area contributed by atoms with E-state index in [0.29, 0.717) is 32.4 Å². The molecule has 1 aliphatic heterocycles. The van der Waals surface area contributed by atoms with E-state index in [-0.39, 0.29) is 17.2 Å². The second-order valence-electron chi connectivity index (χ2n) is 6.48. The predicted octanol–water partition coefficient (Wildman–Crippen LogP) is 1.64. The van der Waals surface area contributed by atoms with Crippen LogP contribution in [-0.4, -0.2) is 54.6 Å². The average Bonchev–Trinajstić information content (AvgIpc) is 2.62. The zero-order valence-electron chi connectivity index (χ0n) is 15.0. The van der Waals surface area contributed by atoms with Gasteiger partial charge in [0, 0.05) is 13.1 Å². The molecule has 1 aromatic rings. The van der Waals surface area contributed by atoms with Gasteiger partial charge in [0.15, 0.2) is 0 Å². The Morgan fingerprint density at radius 3 is 2.77 bits per heavy atom. The van der Waals surface area contributed by atoms with Gasteiger partial charge in [-0.3, -0.25) is 4.79 Å². The molecule has 2 N–H and O–H groups in total. The molecule has 7 nitrogen and oxygen atoms in total. The van der Waals surface area contributed by atoms with Gasteiger partial charge >= 0.3 is 5.97 Å². The normalized spacial score (nSPS) is 18.4. The summed E-state index contributed by atoms with van der Waals surface area (Å²) in [4.78, 5) is 23.5. The molecule has 0 saturated carbocycles. The van der Waals surface area contributed by atoms with E-state index in [1.807, 2.05) is 6.92 Å². The minimum atomic E-state index is -3.41. The lowest BCUT2D eigenvalue weighted by molar-refractivity contribution is -0.125. The van der Waals surface area contributed by atoms with Crippen molar-refractivity contribution in [1.82, 2.24) is 9.62 Å². The molecule has 1 unspecified atom stereocenters. The van der Waals surface area contributed by atoms with Crippen LogP contribution >= 0.6 is 0 Å². The number of amides is 1. The quantitative estimate of drug-likeness (QED) is 0.711. The van der Waals surface area contributed by atoms with Crippen LogP contribution in [0.1, 0.15) is 48.5 Å². The smallest absolute Gasteiger partial charge is 0.335 e. The Kier molecular flexibility index (Phi) is 7.16. The molecular weight excluding hydrogens is 356 g/mol. The van der Waals surface area contributed by atoms with Crippen molar-refractivity contribution in [2.45, 2.75) is 45.1 Å². The molecule has 2 rings (SSSR count). The van der Waals surface area contributed by atoms with Crippen LogP contribution in [-0.2, 0) is 21.2 Å². The van der Waals surface area contributed by atoms with Gasteiger partial charge in [-0.05, 0) is 43.4 Å². The Hall–Kier alpha value is -1.93. The largest absolute Gasteiger partial charge is 0.478 e. The van der Waals surface area contributed by atoms with Gasteiger partial charge in [0.1, 0.15) is 6.04 Å². The number of rotatable bonds is 8. The summed E-state index contributed by atoms with van der Waals surface area (Å²) in [5.41, 5.74) is 1.02. The highest BCUT2D eigenvalue weighted by molar-refractivity contribution is 7.89. The molecule has 26 heavy (non-hydrogen) atoms. The molecule has 1 amide bonds. The third-order valence-corrected chi connectivity index (χ3v) is 6.54. The molecule has 1 atom stereocenters. The van der Waals surface area contributed by atoms with E-state index in [0.717, 1.165) is 18.4 Å². The van der Waals surface area contributed by atoms with Gasteiger partial charge in [-0.1, -0.05) is 25.5 Å². The third kappa shape index (κ3) is 5.28. The number of sulfonamides is 1. The highest BCUT2D eigenvalue weighted by Crippen LogP contribution is 2.21. The molecule has 144 valence electrons. The Balaban J connectivity index is 1.95. The zero-order valence-corrected chi connectivity index (χ0v) is 15.8. The minimum absolute atomic E-state index is 0.0543. The van der Waals surface area contributed by atoms with E-state index in [9.17, 15) is 18.0 Å². The number of carbonyl (C=O) groups is 2. The highest BCUT2D eigenvalue weighted by atomic mass is 32.2. The lowest BCUT2D eigenvalue weighted by Gasteiger charge is -2.33. The Bertz CT molecular complexity index is 748. The summed E-state index contributed by atoms with van der Waals surface area (Å²) < 4.78 is 26.1. The van der Waals surface area contributed by atoms with Crippen LogP contribution in [0.5, 0.6) is 0 Å². The highest BCUT2D eigenvalue weighted by Gasteiger charge is 2.35. The number of carbonyl (C=O) groups excluding carboxylic acids is 1. The zero-order chi connectivity index (χ0) is 19.2. The molecule has 0 bridgehead atoms. The lowest BCUT2D eigenvalue weighted by Crippen LogP contribution is -2.52. The second-order valence-corrected chi connectivity index (χ2v) is 8.53. The topological polar surface area (TPSA) is 104 Å². The first-order valence-electron chi connectivity index (χ1n) is 8.94. The number of carboxylic acids is 1. The second kappa shape index (κ2) is 9.14. The van der Waals surface area contributed by atoms with Crippen molar-refractivity contribution in [2.24, 2.45) is 0 Å². The molecule has 1 aromatic carbocycles. The summed E-state index contributed by atoms with van der Waals surface area (Å²) in [5, 5.41) is 11.8. The fraction of sp³-hybridized carbons (Fsp3) is 0.556. The summed E-state index contributed by atoms with van der Waals surface area (Å²) in [7, 11) is -3.41. The van der Waals surface area contributed by atoms with Gasteiger partial charge in [-0.15, -0.1) is 0 Å². The van der Waals surface area contributed by atoms with E-state index >= 15 is 0 Å². The maximum absolute atomic E-state index is 12.5. The monoisotopic (exact) mass is 382 g/mol. The molecule has 1 saturated heterocycles. The number of benzene rings is 1.